The molecule has 4 rings (SSSR count). The maximum atomic E-state index is 13.3. The van der Waals surface area contributed by atoms with Crippen LogP contribution in [0, 0.1) is 20.8 Å². The third-order valence-electron chi connectivity index (χ3n) is 6.03. The van der Waals surface area contributed by atoms with Gasteiger partial charge in [0.05, 0.1) is 29.3 Å². The van der Waals surface area contributed by atoms with Gasteiger partial charge in [0.15, 0.2) is 0 Å². The first-order valence-electron chi connectivity index (χ1n) is 10.8. The highest BCUT2D eigenvalue weighted by Crippen LogP contribution is 2.43. The molecule has 1 aliphatic rings. The molecule has 174 valence electrons. The van der Waals surface area contributed by atoms with E-state index < -0.39 is 17.7 Å². The molecular weight excluding hydrogens is 452 g/mol. The quantitative estimate of drug-likeness (QED) is 0.307. The van der Waals surface area contributed by atoms with Crippen LogP contribution >= 0.6 is 11.6 Å². The van der Waals surface area contributed by atoms with Gasteiger partial charge in [0.2, 0.25) is 0 Å². The molecule has 0 saturated carbocycles. The topological polar surface area (TPSA) is 79.7 Å². The molecule has 3 aromatic rings. The molecule has 1 N–H and O–H groups in total. The third-order valence-corrected chi connectivity index (χ3v) is 6.31. The molecule has 34 heavy (non-hydrogen) atoms. The van der Waals surface area contributed by atoms with Crippen LogP contribution in [0.1, 0.15) is 39.4 Å². The Morgan fingerprint density at radius 3 is 2.56 bits per heavy atom. The number of Topliss-reactive ketones (excluding diaryl/α,β-unsaturated/α-hetero) is 1. The van der Waals surface area contributed by atoms with Crippen molar-refractivity contribution in [2.24, 2.45) is 0 Å². The van der Waals surface area contributed by atoms with Gasteiger partial charge in [-0.25, -0.2) is 0 Å². The molecule has 1 saturated heterocycles. The molecule has 1 fully saturated rings. The summed E-state index contributed by atoms with van der Waals surface area (Å²) in [5.41, 5.74) is 4.60. The van der Waals surface area contributed by atoms with Gasteiger partial charge in [-0.05, 0) is 61.2 Å². The summed E-state index contributed by atoms with van der Waals surface area (Å²) in [4.78, 5) is 32.3. The fourth-order valence-electron chi connectivity index (χ4n) is 4.34. The number of amides is 1. The minimum absolute atomic E-state index is 0.0247. The lowest BCUT2D eigenvalue weighted by molar-refractivity contribution is -0.140. The lowest BCUT2D eigenvalue weighted by atomic mass is 9.95. The molecular formula is C27H25ClN2O4. The molecule has 2 heterocycles. The van der Waals surface area contributed by atoms with Crippen molar-refractivity contribution in [3.05, 3.63) is 98.8 Å². The summed E-state index contributed by atoms with van der Waals surface area (Å²) in [5.74, 6) is -1.56. The normalized spacial score (nSPS) is 17.3. The van der Waals surface area contributed by atoms with E-state index in [-0.39, 0.29) is 29.2 Å². The Bertz CT molecular complexity index is 1320. The Kier molecular flexibility index (Phi) is 6.44. The second-order valence-electron chi connectivity index (χ2n) is 8.47. The van der Waals surface area contributed by atoms with Crippen molar-refractivity contribution in [2.45, 2.75) is 33.4 Å². The number of hydrogen-bond donors (Lipinski definition) is 1. The van der Waals surface area contributed by atoms with Gasteiger partial charge in [0, 0.05) is 18.9 Å². The van der Waals surface area contributed by atoms with Gasteiger partial charge in [0.25, 0.3) is 11.7 Å². The number of benzene rings is 2. The van der Waals surface area contributed by atoms with Gasteiger partial charge in [-0.3, -0.25) is 14.6 Å². The number of aliphatic hydroxyl groups excluding tert-OH is 1. The van der Waals surface area contributed by atoms with E-state index in [0.29, 0.717) is 10.6 Å². The van der Waals surface area contributed by atoms with Gasteiger partial charge in [0.1, 0.15) is 11.5 Å². The van der Waals surface area contributed by atoms with Crippen molar-refractivity contribution in [3.63, 3.8) is 0 Å². The molecule has 6 nitrogen and oxygen atoms in total. The predicted molar refractivity (Wildman–Crippen MR) is 131 cm³/mol. The number of likely N-dealkylation sites (tertiary alicyclic amines) is 1. The Morgan fingerprint density at radius 1 is 1.12 bits per heavy atom. The average Bonchev–Trinajstić information content (AvgIpc) is 3.06. The van der Waals surface area contributed by atoms with Crippen molar-refractivity contribution >= 4 is 29.1 Å². The zero-order chi connectivity index (χ0) is 24.6. The summed E-state index contributed by atoms with van der Waals surface area (Å²) in [5, 5.41) is 11.7. The summed E-state index contributed by atoms with van der Waals surface area (Å²) in [6.45, 7) is 5.97. The van der Waals surface area contributed by atoms with Gasteiger partial charge < -0.3 is 14.7 Å². The van der Waals surface area contributed by atoms with Crippen LogP contribution in [0.15, 0.2) is 60.4 Å². The van der Waals surface area contributed by atoms with Gasteiger partial charge in [-0.15, -0.1) is 0 Å². The van der Waals surface area contributed by atoms with Gasteiger partial charge in [-0.1, -0.05) is 41.4 Å². The zero-order valence-electron chi connectivity index (χ0n) is 19.4. The SMILES string of the molecule is COc1c(Cl)cc(C)cc1/C(O)=C1\C(=O)C(=O)N(Cc2cc(C)ccc2C)C1c1cccnc1. The fourth-order valence-corrected chi connectivity index (χ4v) is 4.69. The minimum atomic E-state index is -0.822. The Hall–Kier alpha value is -3.64. The van der Waals surface area contributed by atoms with Crippen molar-refractivity contribution in [2.75, 3.05) is 7.11 Å². The van der Waals surface area contributed by atoms with Crippen LogP contribution in [0.4, 0.5) is 0 Å². The number of carbonyl (C=O) groups excluding carboxylic acids is 2. The van der Waals surface area contributed by atoms with Crippen LogP contribution in [0.3, 0.4) is 0 Å². The summed E-state index contributed by atoms with van der Waals surface area (Å²) in [6.07, 6.45) is 3.21. The van der Waals surface area contributed by atoms with E-state index in [9.17, 15) is 14.7 Å². The van der Waals surface area contributed by atoms with Crippen LogP contribution in [-0.4, -0.2) is 33.8 Å². The molecule has 0 spiro atoms. The number of ether oxygens (including phenoxy) is 1. The predicted octanol–water partition coefficient (Wildman–Crippen LogP) is 5.29. The molecule has 0 bridgehead atoms. The molecule has 1 unspecified atom stereocenters. The number of aromatic nitrogens is 1. The average molecular weight is 477 g/mol. The molecule has 0 radical (unpaired) electrons. The number of aliphatic hydroxyl groups is 1. The fraction of sp³-hybridized carbons (Fsp3) is 0.222. The molecule has 0 aliphatic carbocycles. The lowest BCUT2D eigenvalue weighted by Crippen LogP contribution is -2.29. The van der Waals surface area contributed by atoms with Crippen molar-refractivity contribution in [3.8, 4) is 5.75 Å². The maximum absolute atomic E-state index is 13.3. The first-order chi connectivity index (χ1) is 16.2. The molecule has 1 amide bonds. The number of halogens is 1. The number of nitrogens with zero attached hydrogens (tertiary/aromatic N) is 2. The van der Waals surface area contributed by atoms with E-state index in [4.69, 9.17) is 16.3 Å². The van der Waals surface area contributed by atoms with Crippen molar-refractivity contribution in [1.29, 1.82) is 0 Å². The number of aryl methyl sites for hydroxylation is 3. The second-order valence-corrected chi connectivity index (χ2v) is 8.88. The number of hydrogen-bond acceptors (Lipinski definition) is 5. The van der Waals surface area contributed by atoms with Gasteiger partial charge >= 0.3 is 0 Å². The molecule has 1 atom stereocenters. The van der Waals surface area contributed by atoms with E-state index >= 15 is 0 Å². The summed E-state index contributed by atoms with van der Waals surface area (Å²) in [7, 11) is 1.44. The number of ketones is 1. The standard InChI is InChI=1S/C27H25ClN2O4/c1-15-7-8-17(3)19(10-15)14-30-23(18-6-5-9-29-13-18)22(25(32)27(30)33)24(31)20-11-16(2)12-21(28)26(20)34-4/h5-13,23,31H,14H2,1-4H3/b24-22+. The highest BCUT2D eigenvalue weighted by molar-refractivity contribution is 6.46. The highest BCUT2D eigenvalue weighted by atomic mass is 35.5. The smallest absolute Gasteiger partial charge is 0.295 e. The molecule has 1 aliphatic heterocycles. The summed E-state index contributed by atoms with van der Waals surface area (Å²) < 4.78 is 5.42. The van der Waals surface area contributed by atoms with E-state index in [2.05, 4.69) is 4.98 Å². The Morgan fingerprint density at radius 2 is 1.88 bits per heavy atom. The van der Waals surface area contributed by atoms with Crippen LogP contribution in [0.5, 0.6) is 5.75 Å². The molecule has 2 aromatic carbocycles. The molecule has 1 aromatic heterocycles. The first-order valence-corrected chi connectivity index (χ1v) is 11.2. The largest absolute Gasteiger partial charge is 0.507 e. The van der Waals surface area contributed by atoms with E-state index in [1.54, 1.807) is 36.7 Å². The number of carbonyl (C=O) groups is 2. The first kappa shape index (κ1) is 23.5. The van der Waals surface area contributed by atoms with E-state index in [1.807, 2.05) is 39.0 Å². The monoisotopic (exact) mass is 476 g/mol. The summed E-state index contributed by atoms with van der Waals surface area (Å²) >= 11 is 6.34. The lowest BCUT2D eigenvalue weighted by Gasteiger charge is -2.26. The van der Waals surface area contributed by atoms with Crippen molar-refractivity contribution < 1.29 is 19.4 Å². The third kappa shape index (κ3) is 4.17. The minimum Gasteiger partial charge on any atom is -0.507 e. The second kappa shape index (κ2) is 9.31. The van der Waals surface area contributed by atoms with E-state index in [1.165, 1.54) is 12.0 Å². The Balaban J connectivity index is 1.93. The van der Waals surface area contributed by atoms with Gasteiger partial charge in [-0.2, -0.15) is 0 Å². The number of rotatable bonds is 5. The van der Waals surface area contributed by atoms with Crippen LogP contribution in [-0.2, 0) is 16.1 Å². The van der Waals surface area contributed by atoms with Crippen LogP contribution in [0.25, 0.3) is 5.76 Å². The number of pyridine rings is 1. The van der Waals surface area contributed by atoms with Crippen LogP contribution in [0.2, 0.25) is 5.02 Å². The number of methoxy groups -OCH3 is 1. The highest BCUT2D eigenvalue weighted by Gasteiger charge is 2.46. The zero-order valence-corrected chi connectivity index (χ0v) is 20.2. The van der Waals surface area contributed by atoms with Crippen LogP contribution < -0.4 is 4.74 Å². The van der Waals surface area contributed by atoms with E-state index in [0.717, 1.165) is 22.3 Å². The Labute approximate surface area is 203 Å². The van der Waals surface area contributed by atoms with Crippen molar-refractivity contribution in [1.82, 2.24) is 9.88 Å². The summed E-state index contributed by atoms with van der Waals surface area (Å²) in [6, 6.07) is 12.1. The molecule has 7 heteroatoms. The maximum Gasteiger partial charge on any atom is 0.295 e.